The summed E-state index contributed by atoms with van der Waals surface area (Å²) >= 11 is 0. The summed E-state index contributed by atoms with van der Waals surface area (Å²) in [6.07, 6.45) is 0. The number of ether oxygens (including phenoxy) is 1. The van der Waals surface area contributed by atoms with E-state index in [2.05, 4.69) is 4.98 Å². The summed E-state index contributed by atoms with van der Waals surface area (Å²) in [4.78, 5) is 24.6. The highest BCUT2D eigenvalue weighted by atomic mass is 16.5. The molecule has 0 unspecified atom stereocenters. The maximum Gasteiger partial charge on any atom is 0.352 e. The molecular formula is C11H9NO4. The van der Waals surface area contributed by atoms with Gasteiger partial charge in [0.05, 0.1) is 12.5 Å². The van der Waals surface area contributed by atoms with Crippen LogP contribution in [-0.2, 0) is 0 Å². The highest BCUT2D eigenvalue weighted by Crippen LogP contribution is 2.17. The third kappa shape index (κ3) is 1.63. The molecule has 0 spiro atoms. The van der Waals surface area contributed by atoms with Crippen LogP contribution < -0.4 is 10.3 Å². The Morgan fingerprint density at radius 1 is 1.38 bits per heavy atom. The first kappa shape index (κ1) is 10.2. The molecule has 1 heterocycles. The number of hydrogen-bond acceptors (Lipinski definition) is 3. The number of benzene rings is 1. The van der Waals surface area contributed by atoms with Crippen molar-refractivity contribution in [1.82, 2.24) is 4.98 Å². The van der Waals surface area contributed by atoms with Gasteiger partial charge < -0.3 is 14.8 Å². The number of carboxylic acid groups (broad SMARTS) is 1. The number of H-pyrrole nitrogens is 1. The Kier molecular flexibility index (Phi) is 2.36. The van der Waals surface area contributed by atoms with Crippen LogP contribution >= 0.6 is 0 Å². The smallest absolute Gasteiger partial charge is 0.352 e. The second-order valence-electron chi connectivity index (χ2n) is 3.27. The Morgan fingerprint density at radius 2 is 2.12 bits per heavy atom. The number of carbonyl (C=O) groups is 1. The van der Waals surface area contributed by atoms with Gasteiger partial charge in [0, 0.05) is 0 Å². The number of rotatable bonds is 2. The first-order valence-corrected chi connectivity index (χ1v) is 4.56. The van der Waals surface area contributed by atoms with E-state index in [9.17, 15) is 9.59 Å². The number of methoxy groups -OCH3 is 1. The van der Waals surface area contributed by atoms with Crippen LogP contribution in [0.1, 0.15) is 10.5 Å². The van der Waals surface area contributed by atoms with E-state index in [1.54, 1.807) is 18.2 Å². The number of hydrogen-bond donors (Lipinski definition) is 2. The molecule has 0 saturated carbocycles. The summed E-state index contributed by atoms with van der Waals surface area (Å²) < 4.78 is 4.99. The van der Waals surface area contributed by atoms with Crippen LogP contribution in [0.3, 0.4) is 0 Å². The summed E-state index contributed by atoms with van der Waals surface area (Å²) in [6.45, 7) is 0. The Labute approximate surface area is 90.3 Å². The van der Waals surface area contributed by atoms with E-state index in [1.165, 1.54) is 13.2 Å². The maximum absolute atomic E-state index is 11.6. The molecule has 82 valence electrons. The Morgan fingerprint density at radius 3 is 2.75 bits per heavy atom. The average molecular weight is 219 g/mol. The topological polar surface area (TPSA) is 79.4 Å². The SMILES string of the molecule is COc1ccc2cc(C(=O)O)[nH]c(=O)c2c1. The van der Waals surface area contributed by atoms with E-state index in [0.29, 0.717) is 16.5 Å². The van der Waals surface area contributed by atoms with E-state index in [4.69, 9.17) is 9.84 Å². The van der Waals surface area contributed by atoms with E-state index in [1.807, 2.05) is 0 Å². The molecule has 0 aliphatic heterocycles. The van der Waals surface area contributed by atoms with Gasteiger partial charge in [-0.25, -0.2) is 4.79 Å². The summed E-state index contributed by atoms with van der Waals surface area (Å²) in [5, 5.41) is 9.75. The molecule has 0 aliphatic carbocycles. The molecule has 0 fully saturated rings. The first-order valence-electron chi connectivity index (χ1n) is 4.56. The van der Waals surface area contributed by atoms with Crippen molar-refractivity contribution in [2.75, 3.05) is 7.11 Å². The van der Waals surface area contributed by atoms with Crippen LogP contribution in [0.25, 0.3) is 10.8 Å². The van der Waals surface area contributed by atoms with Gasteiger partial charge in [-0.05, 0) is 23.6 Å². The fourth-order valence-corrected chi connectivity index (χ4v) is 1.48. The zero-order valence-corrected chi connectivity index (χ0v) is 8.48. The lowest BCUT2D eigenvalue weighted by molar-refractivity contribution is 0.0690. The van der Waals surface area contributed by atoms with Gasteiger partial charge >= 0.3 is 5.97 Å². The Hall–Kier alpha value is -2.30. The van der Waals surface area contributed by atoms with Crippen molar-refractivity contribution in [2.45, 2.75) is 0 Å². The molecular weight excluding hydrogens is 210 g/mol. The lowest BCUT2D eigenvalue weighted by atomic mass is 10.1. The molecule has 0 amide bonds. The first-order chi connectivity index (χ1) is 7.61. The number of carboxylic acids is 1. The molecule has 1 aromatic carbocycles. The number of pyridine rings is 1. The minimum Gasteiger partial charge on any atom is -0.497 e. The van der Waals surface area contributed by atoms with E-state index >= 15 is 0 Å². The Balaban J connectivity index is 2.76. The van der Waals surface area contributed by atoms with Gasteiger partial charge in [-0.1, -0.05) is 6.07 Å². The fourth-order valence-electron chi connectivity index (χ4n) is 1.48. The summed E-state index contributed by atoms with van der Waals surface area (Å²) in [5.74, 6) is -0.601. The molecule has 0 bridgehead atoms. The molecule has 2 aromatic rings. The molecule has 5 nitrogen and oxygen atoms in total. The standard InChI is InChI=1S/C11H9NO4/c1-16-7-3-2-6-4-9(11(14)15)12-10(13)8(6)5-7/h2-5H,1H3,(H,12,13)(H,14,15). The predicted molar refractivity (Wildman–Crippen MR) is 58.1 cm³/mol. The second-order valence-corrected chi connectivity index (χ2v) is 3.27. The van der Waals surface area contributed by atoms with Gasteiger partial charge in [0.1, 0.15) is 11.4 Å². The Bertz CT molecular complexity index is 615. The lowest BCUT2D eigenvalue weighted by Gasteiger charge is -2.02. The van der Waals surface area contributed by atoms with Crippen molar-refractivity contribution >= 4 is 16.7 Å². The molecule has 16 heavy (non-hydrogen) atoms. The predicted octanol–water partition coefficient (Wildman–Crippen LogP) is 1.23. The normalized spacial score (nSPS) is 10.3. The number of nitrogens with one attached hydrogen (secondary N) is 1. The van der Waals surface area contributed by atoms with Crippen molar-refractivity contribution < 1.29 is 14.6 Å². The monoisotopic (exact) mass is 219 g/mol. The van der Waals surface area contributed by atoms with Gasteiger partial charge in [-0.2, -0.15) is 0 Å². The fraction of sp³-hybridized carbons (Fsp3) is 0.0909. The van der Waals surface area contributed by atoms with Crippen molar-refractivity contribution in [1.29, 1.82) is 0 Å². The average Bonchev–Trinajstić information content (AvgIpc) is 2.28. The maximum atomic E-state index is 11.6. The number of aromatic nitrogens is 1. The highest BCUT2D eigenvalue weighted by Gasteiger charge is 2.08. The van der Waals surface area contributed by atoms with Crippen LogP contribution in [0, 0.1) is 0 Å². The van der Waals surface area contributed by atoms with Gasteiger partial charge in [-0.15, -0.1) is 0 Å². The van der Waals surface area contributed by atoms with Crippen molar-refractivity contribution in [2.24, 2.45) is 0 Å². The van der Waals surface area contributed by atoms with Crippen molar-refractivity contribution in [3.63, 3.8) is 0 Å². The number of fused-ring (bicyclic) bond motifs is 1. The molecule has 0 saturated heterocycles. The molecule has 2 rings (SSSR count). The van der Waals surface area contributed by atoms with E-state index in [0.717, 1.165) is 0 Å². The number of aromatic amines is 1. The minimum absolute atomic E-state index is 0.123. The zero-order valence-electron chi connectivity index (χ0n) is 8.48. The summed E-state index contributed by atoms with van der Waals surface area (Å²) in [6, 6.07) is 6.31. The third-order valence-electron chi connectivity index (χ3n) is 2.28. The largest absolute Gasteiger partial charge is 0.497 e. The molecule has 1 aromatic heterocycles. The van der Waals surface area contributed by atoms with Gasteiger partial charge in [0.15, 0.2) is 0 Å². The molecule has 2 N–H and O–H groups in total. The molecule has 5 heteroatoms. The molecule has 0 atom stereocenters. The van der Waals surface area contributed by atoms with Gasteiger partial charge in [-0.3, -0.25) is 4.79 Å². The van der Waals surface area contributed by atoms with Crippen LogP contribution in [0.15, 0.2) is 29.1 Å². The minimum atomic E-state index is -1.16. The van der Waals surface area contributed by atoms with Crippen molar-refractivity contribution in [3.8, 4) is 5.75 Å². The third-order valence-corrected chi connectivity index (χ3v) is 2.28. The zero-order chi connectivity index (χ0) is 11.7. The summed E-state index contributed by atoms with van der Waals surface area (Å²) in [5.41, 5.74) is -0.559. The van der Waals surface area contributed by atoms with Gasteiger partial charge in [0.25, 0.3) is 5.56 Å². The quantitative estimate of drug-likeness (QED) is 0.796. The molecule has 0 radical (unpaired) electrons. The van der Waals surface area contributed by atoms with Crippen LogP contribution in [0.4, 0.5) is 0 Å². The summed E-state index contributed by atoms with van der Waals surface area (Å²) in [7, 11) is 1.50. The number of aromatic carboxylic acids is 1. The van der Waals surface area contributed by atoms with E-state index in [-0.39, 0.29) is 5.69 Å². The van der Waals surface area contributed by atoms with Crippen molar-refractivity contribution in [3.05, 3.63) is 40.3 Å². The van der Waals surface area contributed by atoms with Gasteiger partial charge in [0.2, 0.25) is 0 Å². The lowest BCUT2D eigenvalue weighted by Crippen LogP contribution is -2.12. The van der Waals surface area contributed by atoms with E-state index < -0.39 is 11.5 Å². The van der Waals surface area contributed by atoms with Crippen LogP contribution in [-0.4, -0.2) is 23.2 Å². The second kappa shape index (κ2) is 3.69. The van der Waals surface area contributed by atoms with Crippen LogP contribution in [0.5, 0.6) is 5.75 Å². The highest BCUT2D eigenvalue weighted by molar-refractivity contribution is 5.92. The van der Waals surface area contributed by atoms with Crippen LogP contribution in [0.2, 0.25) is 0 Å². The molecule has 0 aliphatic rings.